The SMILES string of the molecule is CSc1sc(NC(=O)C2(c3ccc(Cl)cc3)CCC2)nc1C. The Morgan fingerprint density at radius 2 is 2.05 bits per heavy atom. The number of hydrogen-bond acceptors (Lipinski definition) is 4. The molecule has 0 saturated heterocycles. The second-order valence-corrected chi connectivity index (χ2v) is 8.00. The van der Waals surface area contributed by atoms with E-state index in [-0.39, 0.29) is 5.91 Å². The van der Waals surface area contributed by atoms with E-state index in [9.17, 15) is 4.79 Å². The van der Waals surface area contributed by atoms with Crippen molar-refractivity contribution in [2.45, 2.75) is 35.8 Å². The second-order valence-electron chi connectivity index (χ2n) is 5.49. The summed E-state index contributed by atoms with van der Waals surface area (Å²) in [5, 5.41) is 4.40. The van der Waals surface area contributed by atoms with E-state index in [1.165, 1.54) is 11.3 Å². The molecular weight excluding hydrogens is 336 g/mol. The van der Waals surface area contributed by atoms with Gasteiger partial charge in [0.1, 0.15) is 0 Å². The molecule has 2 aromatic rings. The Morgan fingerprint density at radius 3 is 2.55 bits per heavy atom. The maximum Gasteiger partial charge on any atom is 0.236 e. The quantitative estimate of drug-likeness (QED) is 0.797. The van der Waals surface area contributed by atoms with Crippen LogP contribution in [0.3, 0.4) is 0 Å². The normalized spacial score (nSPS) is 16.1. The van der Waals surface area contributed by atoms with Gasteiger partial charge in [-0.2, -0.15) is 0 Å². The lowest BCUT2D eigenvalue weighted by molar-refractivity contribution is -0.124. The summed E-state index contributed by atoms with van der Waals surface area (Å²) in [6.45, 7) is 1.97. The molecule has 1 aliphatic carbocycles. The van der Waals surface area contributed by atoms with Gasteiger partial charge in [-0.25, -0.2) is 4.98 Å². The Bertz CT molecular complexity index is 693. The molecule has 1 heterocycles. The van der Waals surface area contributed by atoms with Gasteiger partial charge in [0.2, 0.25) is 5.91 Å². The lowest BCUT2D eigenvalue weighted by atomic mass is 9.64. The summed E-state index contributed by atoms with van der Waals surface area (Å²) in [5.74, 6) is 0.0440. The number of thiazole rings is 1. The van der Waals surface area contributed by atoms with Crippen LogP contribution in [0.1, 0.15) is 30.5 Å². The number of nitrogens with one attached hydrogen (secondary N) is 1. The number of rotatable bonds is 4. The summed E-state index contributed by atoms with van der Waals surface area (Å²) in [7, 11) is 0. The summed E-state index contributed by atoms with van der Waals surface area (Å²) >= 11 is 9.15. The Hall–Kier alpha value is -1.04. The molecule has 116 valence electrons. The highest BCUT2D eigenvalue weighted by atomic mass is 35.5. The van der Waals surface area contributed by atoms with Crippen LogP contribution in [0.25, 0.3) is 0 Å². The average Bonchev–Trinajstić information content (AvgIpc) is 2.79. The van der Waals surface area contributed by atoms with Gasteiger partial charge in [-0.15, -0.1) is 11.8 Å². The number of amides is 1. The zero-order chi connectivity index (χ0) is 15.7. The fourth-order valence-electron chi connectivity index (χ4n) is 2.79. The lowest BCUT2D eigenvalue weighted by Gasteiger charge is -2.40. The van der Waals surface area contributed by atoms with E-state index >= 15 is 0 Å². The standard InChI is InChI=1S/C16H17ClN2OS2/c1-10-13(21-2)22-15(18-10)19-14(20)16(8-3-9-16)11-4-6-12(17)7-5-11/h4-7H,3,8-9H2,1-2H3,(H,18,19,20). The topological polar surface area (TPSA) is 42.0 Å². The van der Waals surface area contributed by atoms with Crippen molar-refractivity contribution in [1.29, 1.82) is 0 Å². The lowest BCUT2D eigenvalue weighted by Crippen LogP contribution is -2.45. The molecule has 1 saturated carbocycles. The number of aromatic nitrogens is 1. The van der Waals surface area contributed by atoms with Crippen LogP contribution in [0, 0.1) is 6.92 Å². The largest absolute Gasteiger partial charge is 0.301 e. The summed E-state index contributed by atoms with van der Waals surface area (Å²) in [5.41, 5.74) is 1.59. The number of aryl methyl sites for hydroxylation is 1. The van der Waals surface area contributed by atoms with Gasteiger partial charge >= 0.3 is 0 Å². The molecule has 0 aliphatic heterocycles. The first-order chi connectivity index (χ1) is 10.5. The highest BCUT2D eigenvalue weighted by molar-refractivity contribution is 8.00. The third-order valence-electron chi connectivity index (χ3n) is 4.20. The minimum Gasteiger partial charge on any atom is -0.301 e. The van der Waals surface area contributed by atoms with Gasteiger partial charge in [0.15, 0.2) is 5.13 Å². The van der Waals surface area contributed by atoms with E-state index in [0.717, 1.165) is 34.7 Å². The van der Waals surface area contributed by atoms with Crippen LogP contribution < -0.4 is 5.32 Å². The van der Waals surface area contributed by atoms with Gasteiger partial charge in [0, 0.05) is 5.02 Å². The Morgan fingerprint density at radius 1 is 1.36 bits per heavy atom. The fourth-order valence-corrected chi connectivity index (χ4v) is 4.52. The molecule has 0 unspecified atom stereocenters. The summed E-state index contributed by atoms with van der Waals surface area (Å²) in [6, 6.07) is 7.62. The monoisotopic (exact) mass is 352 g/mol. The summed E-state index contributed by atoms with van der Waals surface area (Å²) < 4.78 is 1.14. The number of thioether (sulfide) groups is 1. The first-order valence-electron chi connectivity index (χ1n) is 7.14. The molecule has 3 nitrogen and oxygen atoms in total. The molecule has 0 bridgehead atoms. The predicted molar refractivity (Wildman–Crippen MR) is 94.2 cm³/mol. The number of hydrogen-bond donors (Lipinski definition) is 1. The van der Waals surface area contributed by atoms with E-state index in [2.05, 4.69) is 10.3 Å². The van der Waals surface area contributed by atoms with E-state index in [1.54, 1.807) is 11.8 Å². The van der Waals surface area contributed by atoms with Gasteiger partial charge in [-0.3, -0.25) is 4.79 Å². The van der Waals surface area contributed by atoms with Crippen LogP contribution in [0.15, 0.2) is 28.5 Å². The van der Waals surface area contributed by atoms with Crippen LogP contribution in [-0.2, 0) is 10.2 Å². The van der Waals surface area contributed by atoms with Gasteiger partial charge in [0.05, 0.1) is 15.3 Å². The average molecular weight is 353 g/mol. The molecule has 6 heteroatoms. The second kappa shape index (κ2) is 6.22. The van der Waals surface area contributed by atoms with Crippen molar-refractivity contribution < 1.29 is 4.79 Å². The predicted octanol–water partition coefficient (Wildman–Crippen LogP) is 4.89. The third-order valence-corrected chi connectivity index (χ3v) is 6.73. The Kier molecular flexibility index (Phi) is 4.48. The summed E-state index contributed by atoms with van der Waals surface area (Å²) in [4.78, 5) is 17.3. The smallest absolute Gasteiger partial charge is 0.236 e. The number of halogens is 1. The highest BCUT2D eigenvalue weighted by Gasteiger charge is 2.45. The highest BCUT2D eigenvalue weighted by Crippen LogP contribution is 2.45. The minimum atomic E-state index is -0.427. The zero-order valence-corrected chi connectivity index (χ0v) is 14.9. The number of carbonyl (C=O) groups is 1. The number of carbonyl (C=O) groups excluding carboxylic acids is 1. The Labute approximate surface area is 143 Å². The van der Waals surface area contributed by atoms with Crippen LogP contribution in [0.2, 0.25) is 5.02 Å². The molecule has 0 atom stereocenters. The van der Waals surface area contributed by atoms with Crippen LogP contribution in [0.4, 0.5) is 5.13 Å². The maximum absolute atomic E-state index is 12.8. The van der Waals surface area contributed by atoms with Gasteiger partial charge in [-0.1, -0.05) is 41.5 Å². The first kappa shape index (κ1) is 15.8. The zero-order valence-electron chi connectivity index (χ0n) is 12.5. The van der Waals surface area contributed by atoms with Crippen molar-refractivity contribution in [1.82, 2.24) is 4.98 Å². The van der Waals surface area contributed by atoms with E-state index < -0.39 is 5.41 Å². The van der Waals surface area contributed by atoms with Gasteiger partial charge in [0.25, 0.3) is 0 Å². The molecule has 1 N–H and O–H groups in total. The molecule has 1 aromatic carbocycles. The van der Waals surface area contributed by atoms with E-state index in [1.807, 2.05) is 37.4 Å². The molecule has 0 spiro atoms. The first-order valence-corrected chi connectivity index (χ1v) is 9.56. The molecule has 22 heavy (non-hydrogen) atoms. The molecule has 3 rings (SSSR count). The Balaban J connectivity index is 1.83. The molecule has 0 radical (unpaired) electrons. The van der Waals surface area contributed by atoms with Crippen LogP contribution in [-0.4, -0.2) is 17.1 Å². The van der Waals surface area contributed by atoms with Crippen molar-refractivity contribution >= 4 is 45.7 Å². The molecule has 1 amide bonds. The minimum absolute atomic E-state index is 0.0440. The summed E-state index contributed by atoms with van der Waals surface area (Å²) in [6.07, 6.45) is 4.84. The third kappa shape index (κ3) is 2.77. The van der Waals surface area contributed by atoms with E-state index in [4.69, 9.17) is 11.6 Å². The number of nitrogens with zero attached hydrogens (tertiary/aromatic N) is 1. The van der Waals surface area contributed by atoms with Crippen LogP contribution in [0.5, 0.6) is 0 Å². The van der Waals surface area contributed by atoms with Gasteiger partial charge < -0.3 is 5.32 Å². The van der Waals surface area contributed by atoms with Crippen LogP contribution >= 0.6 is 34.7 Å². The fraction of sp³-hybridized carbons (Fsp3) is 0.375. The number of anilines is 1. The van der Waals surface area contributed by atoms with Crippen molar-refractivity contribution in [3.8, 4) is 0 Å². The van der Waals surface area contributed by atoms with E-state index in [0.29, 0.717) is 10.2 Å². The maximum atomic E-state index is 12.8. The van der Waals surface area contributed by atoms with Crippen molar-refractivity contribution in [3.63, 3.8) is 0 Å². The van der Waals surface area contributed by atoms with Crippen molar-refractivity contribution in [2.75, 3.05) is 11.6 Å². The molecular formula is C16H17ClN2OS2. The van der Waals surface area contributed by atoms with Gasteiger partial charge in [-0.05, 0) is 43.7 Å². The molecule has 1 aromatic heterocycles. The number of benzene rings is 1. The van der Waals surface area contributed by atoms with Crippen molar-refractivity contribution in [2.24, 2.45) is 0 Å². The molecule has 1 fully saturated rings. The molecule has 1 aliphatic rings. The van der Waals surface area contributed by atoms with Crippen molar-refractivity contribution in [3.05, 3.63) is 40.5 Å².